The first-order chi connectivity index (χ1) is 14.3. The monoisotopic (exact) mass is 430 g/mol. The highest BCUT2D eigenvalue weighted by Crippen LogP contribution is 2.38. The number of nitro groups is 1. The molecule has 0 fully saturated rings. The fourth-order valence-electron chi connectivity index (χ4n) is 2.66. The van der Waals surface area contributed by atoms with Crippen LogP contribution in [0.3, 0.4) is 0 Å². The van der Waals surface area contributed by atoms with E-state index in [-0.39, 0.29) is 39.2 Å². The van der Waals surface area contributed by atoms with Gasteiger partial charge in [0.15, 0.2) is 11.5 Å². The molecule has 154 valence electrons. The smallest absolute Gasteiger partial charge is 0.313 e. The first kappa shape index (κ1) is 21.1. The number of aryl methyl sites for hydroxylation is 1. The number of carbonyl (C=O) groups is 1. The molecule has 0 radical (unpaired) electrons. The van der Waals surface area contributed by atoms with Gasteiger partial charge >= 0.3 is 5.69 Å². The van der Waals surface area contributed by atoms with Gasteiger partial charge in [-0.2, -0.15) is 0 Å². The Morgan fingerprint density at radius 3 is 2.50 bits per heavy atom. The van der Waals surface area contributed by atoms with Gasteiger partial charge < -0.3 is 14.8 Å². The Hall–Kier alpha value is -3.65. The SMILES string of the molecule is COc1cc(C(=O)Nc2cc(C)ccc2F)ccc1Oc1ccc(Cl)cc1[N+](=O)[O-]. The Labute approximate surface area is 176 Å². The van der Waals surface area contributed by atoms with E-state index >= 15 is 0 Å². The summed E-state index contributed by atoms with van der Waals surface area (Å²) in [4.78, 5) is 23.1. The molecule has 0 saturated heterocycles. The molecule has 0 heterocycles. The zero-order valence-electron chi connectivity index (χ0n) is 15.9. The molecule has 3 aromatic rings. The van der Waals surface area contributed by atoms with Crippen LogP contribution in [0.1, 0.15) is 15.9 Å². The van der Waals surface area contributed by atoms with Crippen molar-refractivity contribution in [2.75, 3.05) is 12.4 Å². The molecule has 0 aliphatic carbocycles. The summed E-state index contributed by atoms with van der Waals surface area (Å²) in [6.45, 7) is 1.78. The summed E-state index contributed by atoms with van der Waals surface area (Å²) in [7, 11) is 1.36. The molecule has 7 nitrogen and oxygen atoms in total. The van der Waals surface area contributed by atoms with Crippen LogP contribution in [0.25, 0.3) is 0 Å². The molecule has 0 saturated carbocycles. The maximum absolute atomic E-state index is 13.9. The average Bonchev–Trinajstić information content (AvgIpc) is 2.72. The predicted octanol–water partition coefficient (Wildman–Crippen LogP) is 5.75. The number of ether oxygens (including phenoxy) is 2. The molecule has 0 spiro atoms. The molecule has 9 heteroatoms. The molecular formula is C21H16ClFN2O5. The molecule has 0 unspecified atom stereocenters. The van der Waals surface area contributed by atoms with Gasteiger partial charge in [0, 0.05) is 16.7 Å². The van der Waals surface area contributed by atoms with Crippen molar-refractivity contribution in [3.05, 3.63) is 86.7 Å². The largest absolute Gasteiger partial charge is 0.493 e. The molecular weight excluding hydrogens is 415 g/mol. The van der Waals surface area contributed by atoms with E-state index in [1.807, 2.05) is 0 Å². The Morgan fingerprint density at radius 1 is 1.07 bits per heavy atom. The van der Waals surface area contributed by atoms with Crippen molar-refractivity contribution < 1.29 is 23.6 Å². The number of anilines is 1. The summed E-state index contributed by atoms with van der Waals surface area (Å²) < 4.78 is 24.8. The summed E-state index contributed by atoms with van der Waals surface area (Å²) in [6, 6.07) is 12.6. The first-order valence-electron chi connectivity index (χ1n) is 8.66. The van der Waals surface area contributed by atoms with Gasteiger partial charge in [-0.15, -0.1) is 0 Å². The number of nitrogens with zero attached hydrogens (tertiary/aromatic N) is 1. The van der Waals surface area contributed by atoms with E-state index in [0.717, 1.165) is 5.56 Å². The number of methoxy groups -OCH3 is 1. The maximum atomic E-state index is 13.9. The highest BCUT2D eigenvalue weighted by molar-refractivity contribution is 6.30. The van der Waals surface area contributed by atoms with E-state index < -0.39 is 16.6 Å². The third-order valence-electron chi connectivity index (χ3n) is 4.13. The number of halogens is 2. The summed E-state index contributed by atoms with van der Waals surface area (Å²) >= 11 is 5.81. The van der Waals surface area contributed by atoms with Gasteiger partial charge in [0.05, 0.1) is 17.7 Å². The number of hydrogen-bond acceptors (Lipinski definition) is 5. The third kappa shape index (κ3) is 4.66. The first-order valence-corrected chi connectivity index (χ1v) is 9.03. The Bertz CT molecular complexity index is 1140. The molecule has 0 aliphatic rings. The number of benzene rings is 3. The molecule has 0 bridgehead atoms. The number of nitrogens with one attached hydrogen (secondary N) is 1. The van der Waals surface area contributed by atoms with Crippen molar-refractivity contribution in [1.82, 2.24) is 0 Å². The molecule has 0 atom stereocenters. The van der Waals surface area contributed by atoms with E-state index in [9.17, 15) is 19.3 Å². The molecule has 1 amide bonds. The number of rotatable bonds is 6. The topological polar surface area (TPSA) is 90.7 Å². The van der Waals surface area contributed by atoms with Crippen molar-refractivity contribution in [2.24, 2.45) is 0 Å². The zero-order valence-corrected chi connectivity index (χ0v) is 16.7. The molecule has 3 rings (SSSR count). The van der Waals surface area contributed by atoms with Crippen molar-refractivity contribution in [2.45, 2.75) is 6.92 Å². The van der Waals surface area contributed by atoms with E-state index in [0.29, 0.717) is 0 Å². The number of nitro benzene ring substituents is 1. The summed E-state index contributed by atoms with van der Waals surface area (Å²) in [5.41, 5.74) is 0.709. The van der Waals surface area contributed by atoms with Crippen LogP contribution < -0.4 is 14.8 Å². The number of amides is 1. The van der Waals surface area contributed by atoms with Crippen LogP contribution in [0.2, 0.25) is 5.02 Å². The second-order valence-corrected chi connectivity index (χ2v) is 6.71. The van der Waals surface area contributed by atoms with Crippen LogP contribution in [0.15, 0.2) is 54.6 Å². The van der Waals surface area contributed by atoms with Gasteiger partial charge in [-0.1, -0.05) is 17.7 Å². The van der Waals surface area contributed by atoms with Crippen LogP contribution in [-0.2, 0) is 0 Å². The van der Waals surface area contributed by atoms with Crippen molar-refractivity contribution in [3.63, 3.8) is 0 Å². The highest BCUT2D eigenvalue weighted by Gasteiger charge is 2.19. The summed E-state index contributed by atoms with van der Waals surface area (Å²) in [6.07, 6.45) is 0. The molecule has 0 aromatic heterocycles. The predicted molar refractivity (Wildman–Crippen MR) is 110 cm³/mol. The summed E-state index contributed by atoms with van der Waals surface area (Å²) in [5.74, 6) is -0.836. The zero-order chi connectivity index (χ0) is 21.8. The number of carbonyl (C=O) groups excluding carboxylic acids is 1. The maximum Gasteiger partial charge on any atom is 0.313 e. The van der Waals surface area contributed by atoms with Gasteiger partial charge in [-0.25, -0.2) is 4.39 Å². The minimum absolute atomic E-state index is 0.0401. The fraction of sp³-hybridized carbons (Fsp3) is 0.0952. The van der Waals surface area contributed by atoms with E-state index in [2.05, 4.69) is 5.32 Å². The Morgan fingerprint density at radius 2 is 1.80 bits per heavy atom. The Kier molecular flexibility index (Phi) is 6.17. The molecule has 30 heavy (non-hydrogen) atoms. The Balaban J connectivity index is 1.87. The minimum atomic E-state index is -0.619. The quantitative estimate of drug-likeness (QED) is 0.397. The fourth-order valence-corrected chi connectivity index (χ4v) is 2.83. The average molecular weight is 431 g/mol. The van der Waals surface area contributed by atoms with Crippen LogP contribution in [0, 0.1) is 22.9 Å². The lowest BCUT2D eigenvalue weighted by Crippen LogP contribution is -2.13. The van der Waals surface area contributed by atoms with Crippen LogP contribution in [0.4, 0.5) is 15.8 Å². The van der Waals surface area contributed by atoms with E-state index in [4.69, 9.17) is 21.1 Å². The van der Waals surface area contributed by atoms with Crippen molar-refractivity contribution in [1.29, 1.82) is 0 Å². The molecule has 0 aliphatic heterocycles. The molecule has 1 N–H and O–H groups in total. The van der Waals surface area contributed by atoms with E-state index in [1.54, 1.807) is 13.0 Å². The second-order valence-electron chi connectivity index (χ2n) is 6.27. The highest BCUT2D eigenvalue weighted by atomic mass is 35.5. The van der Waals surface area contributed by atoms with Crippen molar-refractivity contribution in [3.8, 4) is 17.2 Å². The van der Waals surface area contributed by atoms with E-state index in [1.165, 1.54) is 55.6 Å². The summed E-state index contributed by atoms with van der Waals surface area (Å²) in [5, 5.41) is 13.9. The lowest BCUT2D eigenvalue weighted by Gasteiger charge is -2.13. The van der Waals surface area contributed by atoms with Gasteiger partial charge in [0.2, 0.25) is 5.75 Å². The van der Waals surface area contributed by atoms with Crippen LogP contribution in [-0.4, -0.2) is 17.9 Å². The lowest BCUT2D eigenvalue weighted by atomic mass is 10.1. The molecule has 3 aromatic carbocycles. The van der Waals surface area contributed by atoms with Gasteiger partial charge in [-0.05, 0) is 55.0 Å². The van der Waals surface area contributed by atoms with Crippen LogP contribution in [0.5, 0.6) is 17.2 Å². The van der Waals surface area contributed by atoms with Gasteiger partial charge in [0.1, 0.15) is 5.82 Å². The van der Waals surface area contributed by atoms with Gasteiger partial charge in [-0.3, -0.25) is 14.9 Å². The van der Waals surface area contributed by atoms with Gasteiger partial charge in [0.25, 0.3) is 5.91 Å². The minimum Gasteiger partial charge on any atom is -0.493 e. The standard InChI is InChI=1S/C21H16ClFN2O5/c1-12-3-6-15(23)16(9-12)24-21(26)13-4-7-19(20(10-13)29-2)30-18-8-5-14(22)11-17(18)25(27)28/h3-11H,1-2H3,(H,24,26). The second kappa shape index (κ2) is 8.79. The van der Waals surface area contributed by atoms with Crippen molar-refractivity contribution >= 4 is 28.9 Å². The van der Waals surface area contributed by atoms with Crippen LogP contribution >= 0.6 is 11.6 Å². The lowest BCUT2D eigenvalue weighted by molar-refractivity contribution is -0.385. The third-order valence-corrected chi connectivity index (χ3v) is 4.37. The normalized spacial score (nSPS) is 10.4. The number of hydrogen-bond donors (Lipinski definition) is 1.